The van der Waals surface area contributed by atoms with Crippen molar-refractivity contribution in [3.05, 3.63) is 0 Å². The van der Waals surface area contributed by atoms with Crippen molar-refractivity contribution < 1.29 is 0 Å². The average Bonchev–Trinajstić information content (AvgIpc) is 1.99. The predicted octanol–water partition coefficient (Wildman–Crippen LogP) is 0.435. The Labute approximate surface area is 76.7 Å². The van der Waals surface area contributed by atoms with Crippen LogP contribution in [0.3, 0.4) is 0 Å². The summed E-state index contributed by atoms with van der Waals surface area (Å²) in [6.07, 6.45) is 0. The van der Waals surface area contributed by atoms with Crippen LogP contribution < -0.4 is 5.32 Å². The van der Waals surface area contributed by atoms with Gasteiger partial charge in [-0.25, -0.2) is 0 Å². The largest absolute Gasteiger partial charge is 0.308 e. The molecule has 0 aliphatic carbocycles. The van der Waals surface area contributed by atoms with Crippen LogP contribution in [0.5, 0.6) is 0 Å². The molecular formula is C9H23N3. The fourth-order valence-corrected chi connectivity index (χ4v) is 1.04. The summed E-state index contributed by atoms with van der Waals surface area (Å²) < 4.78 is 0. The molecule has 0 amide bonds. The van der Waals surface area contributed by atoms with E-state index in [0.717, 1.165) is 19.8 Å². The minimum atomic E-state index is 0.564. The molecule has 0 rings (SSSR count). The number of nitrogens with one attached hydrogen (secondary N) is 1. The van der Waals surface area contributed by atoms with Crippen molar-refractivity contribution in [3.63, 3.8) is 0 Å². The number of hydrogen-bond donors (Lipinski definition) is 1. The first-order valence-corrected chi connectivity index (χ1v) is 4.63. The van der Waals surface area contributed by atoms with Crippen molar-refractivity contribution >= 4 is 0 Å². The summed E-state index contributed by atoms with van der Waals surface area (Å²) in [7, 11) is 6.32. The number of likely N-dealkylation sites (N-methyl/N-ethyl adjacent to an activating group) is 1. The lowest BCUT2D eigenvalue weighted by molar-refractivity contribution is 0.276. The first kappa shape index (κ1) is 11.9. The zero-order valence-electron chi connectivity index (χ0n) is 9.09. The second-order valence-corrected chi connectivity index (χ2v) is 3.70. The van der Waals surface area contributed by atoms with Gasteiger partial charge >= 0.3 is 0 Å². The average molecular weight is 173 g/mol. The first-order valence-electron chi connectivity index (χ1n) is 4.63. The minimum absolute atomic E-state index is 0.564. The topological polar surface area (TPSA) is 18.5 Å². The van der Waals surface area contributed by atoms with Crippen LogP contribution in [0.15, 0.2) is 0 Å². The Bertz CT molecular complexity index is 104. The van der Waals surface area contributed by atoms with E-state index < -0.39 is 0 Å². The summed E-state index contributed by atoms with van der Waals surface area (Å²) in [6.45, 7) is 7.55. The molecule has 3 heteroatoms. The number of hydrogen-bond acceptors (Lipinski definition) is 3. The SMILES string of the molecule is CCN(C)CNC(C)CN(C)C. The molecule has 0 spiro atoms. The monoisotopic (exact) mass is 173 g/mol. The lowest BCUT2D eigenvalue weighted by Gasteiger charge is -2.21. The van der Waals surface area contributed by atoms with Crippen molar-refractivity contribution in [1.29, 1.82) is 0 Å². The van der Waals surface area contributed by atoms with Crippen LogP contribution >= 0.6 is 0 Å². The van der Waals surface area contributed by atoms with Crippen LogP contribution in [0.25, 0.3) is 0 Å². The maximum atomic E-state index is 3.45. The fourth-order valence-electron chi connectivity index (χ4n) is 1.04. The van der Waals surface area contributed by atoms with E-state index in [1.807, 2.05) is 0 Å². The molecule has 1 N–H and O–H groups in total. The lowest BCUT2D eigenvalue weighted by atomic mass is 10.3. The third-order valence-corrected chi connectivity index (χ3v) is 1.89. The highest BCUT2D eigenvalue weighted by atomic mass is 15.2. The molecule has 0 aromatic rings. The van der Waals surface area contributed by atoms with Crippen LogP contribution in [-0.2, 0) is 0 Å². The highest BCUT2D eigenvalue weighted by Crippen LogP contribution is 1.85. The van der Waals surface area contributed by atoms with E-state index in [1.165, 1.54) is 0 Å². The van der Waals surface area contributed by atoms with Gasteiger partial charge in [-0.3, -0.25) is 4.90 Å². The Balaban J connectivity index is 3.36. The molecule has 0 aliphatic heterocycles. The zero-order valence-corrected chi connectivity index (χ0v) is 9.09. The smallest absolute Gasteiger partial charge is 0.0479 e. The molecule has 0 aromatic carbocycles. The summed E-state index contributed by atoms with van der Waals surface area (Å²) in [6, 6.07) is 0.564. The molecule has 1 atom stereocenters. The number of nitrogens with zero attached hydrogens (tertiary/aromatic N) is 2. The van der Waals surface area contributed by atoms with Crippen LogP contribution in [0.1, 0.15) is 13.8 Å². The van der Waals surface area contributed by atoms with Gasteiger partial charge in [0.05, 0.1) is 0 Å². The second-order valence-electron chi connectivity index (χ2n) is 3.70. The Morgan fingerprint density at radius 2 is 1.83 bits per heavy atom. The summed E-state index contributed by atoms with van der Waals surface area (Å²) in [4.78, 5) is 4.45. The van der Waals surface area contributed by atoms with Crippen molar-refractivity contribution in [3.8, 4) is 0 Å². The fraction of sp³-hybridized carbons (Fsp3) is 1.00. The minimum Gasteiger partial charge on any atom is -0.308 e. The third-order valence-electron chi connectivity index (χ3n) is 1.89. The summed E-state index contributed by atoms with van der Waals surface area (Å²) in [5.41, 5.74) is 0. The van der Waals surface area contributed by atoms with Gasteiger partial charge in [0.1, 0.15) is 0 Å². The van der Waals surface area contributed by atoms with Gasteiger partial charge in [0.15, 0.2) is 0 Å². The highest BCUT2D eigenvalue weighted by Gasteiger charge is 2.02. The molecule has 12 heavy (non-hydrogen) atoms. The van der Waals surface area contributed by atoms with E-state index in [0.29, 0.717) is 6.04 Å². The normalized spacial score (nSPS) is 14.2. The van der Waals surface area contributed by atoms with Gasteiger partial charge < -0.3 is 10.2 Å². The van der Waals surface area contributed by atoms with Crippen LogP contribution in [0.2, 0.25) is 0 Å². The Hall–Kier alpha value is -0.120. The zero-order chi connectivity index (χ0) is 9.56. The van der Waals surface area contributed by atoms with Gasteiger partial charge in [-0.1, -0.05) is 6.92 Å². The van der Waals surface area contributed by atoms with Crippen molar-refractivity contribution in [2.75, 3.05) is 40.9 Å². The molecule has 74 valence electrons. The number of rotatable bonds is 6. The van der Waals surface area contributed by atoms with Crippen molar-refractivity contribution in [2.45, 2.75) is 19.9 Å². The summed E-state index contributed by atoms with van der Waals surface area (Å²) in [5, 5.41) is 3.45. The van der Waals surface area contributed by atoms with Crippen LogP contribution in [0, 0.1) is 0 Å². The molecule has 0 fully saturated rings. The quantitative estimate of drug-likeness (QED) is 0.588. The van der Waals surface area contributed by atoms with E-state index in [2.05, 4.69) is 50.1 Å². The molecule has 1 unspecified atom stereocenters. The van der Waals surface area contributed by atoms with Gasteiger partial charge in [0.2, 0.25) is 0 Å². The summed E-state index contributed by atoms with van der Waals surface area (Å²) >= 11 is 0. The van der Waals surface area contributed by atoms with Crippen molar-refractivity contribution in [1.82, 2.24) is 15.1 Å². The van der Waals surface area contributed by atoms with Gasteiger partial charge in [-0.05, 0) is 34.6 Å². The Morgan fingerprint density at radius 1 is 1.25 bits per heavy atom. The first-order chi connectivity index (χ1) is 5.56. The lowest BCUT2D eigenvalue weighted by Crippen LogP contribution is -2.41. The molecule has 0 heterocycles. The molecule has 3 nitrogen and oxygen atoms in total. The molecule has 0 bridgehead atoms. The van der Waals surface area contributed by atoms with Gasteiger partial charge in [-0.15, -0.1) is 0 Å². The standard InChI is InChI=1S/C9H23N3/c1-6-12(5)8-10-9(2)7-11(3)4/h9-10H,6-8H2,1-5H3. The molecule has 0 aliphatic rings. The van der Waals surface area contributed by atoms with E-state index in [4.69, 9.17) is 0 Å². The predicted molar refractivity (Wildman–Crippen MR) is 54.3 cm³/mol. The van der Waals surface area contributed by atoms with E-state index in [1.54, 1.807) is 0 Å². The van der Waals surface area contributed by atoms with E-state index in [9.17, 15) is 0 Å². The Morgan fingerprint density at radius 3 is 2.25 bits per heavy atom. The van der Waals surface area contributed by atoms with Crippen molar-refractivity contribution in [2.24, 2.45) is 0 Å². The summed E-state index contributed by atoms with van der Waals surface area (Å²) in [5.74, 6) is 0. The molecule has 0 saturated heterocycles. The van der Waals surface area contributed by atoms with Gasteiger partial charge in [0.25, 0.3) is 0 Å². The van der Waals surface area contributed by atoms with E-state index >= 15 is 0 Å². The van der Waals surface area contributed by atoms with Gasteiger partial charge in [0, 0.05) is 19.3 Å². The van der Waals surface area contributed by atoms with Crippen LogP contribution in [-0.4, -0.2) is 56.7 Å². The highest BCUT2D eigenvalue weighted by molar-refractivity contribution is 4.62. The van der Waals surface area contributed by atoms with Crippen LogP contribution in [0.4, 0.5) is 0 Å². The maximum Gasteiger partial charge on any atom is 0.0479 e. The molecule has 0 saturated carbocycles. The third kappa shape index (κ3) is 6.58. The molecular weight excluding hydrogens is 150 g/mol. The van der Waals surface area contributed by atoms with E-state index in [-0.39, 0.29) is 0 Å². The Kier molecular flexibility index (Phi) is 6.34. The van der Waals surface area contributed by atoms with Gasteiger partial charge in [-0.2, -0.15) is 0 Å². The maximum absolute atomic E-state index is 3.45. The molecule has 0 aromatic heterocycles. The second kappa shape index (κ2) is 6.40. The molecule has 0 radical (unpaired) electrons.